The summed E-state index contributed by atoms with van der Waals surface area (Å²) in [6.45, 7) is 4.16. The third-order valence-electron chi connectivity index (χ3n) is 5.38. The second kappa shape index (κ2) is 8.33. The molecule has 0 aliphatic carbocycles. The van der Waals surface area contributed by atoms with Gasteiger partial charge in [-0.05, 0) is 37.1 Å². The molecule has 28 heavy (non-hydrogen) atoms. The number of nitrogens with one attached hydrogen (secondary N) is 1. The third kappa shape index (κ3) is 4.11. The van der Waals surface area contributed by atoms with Crippen LogP contribution in [0, 0.1) is 0 Å². The van der Waals surface area contributed by atoms with Crippen LogP contribution < -0.4 is 10.2 Å². The molecule has 4 rings (SSSR count). The fourth-order valence-corrected chi connectivity index (χ4v) is 3.73. The van der Waals surface area contributed by atoms with Crippen molar-refractivity contribution in [3.63, 3.8) is 0 Å². The van der Waals surface area contributed by atoms with Crippen molar-refractivity contribution in [2.45, 2.75) is 18.9 Å². The van der Waals surface area contributed by atoms with Crippen LogP contribution in [0.4, 0.5) is 10.6 Å². The third-order valence-corrected chi connectivity index (χ3v) is 5.38. The topological polar surface area (TPSA) is 81.9 Å². The summed E-state index contributed by atoms with van der Waals surface area (Å²) in [6.07, 6.45) is 4.81. The normalized spacial score (nSPS) is 18.2. The molecule has 4 heterocycles. The maximum absolute atomic E-state index is 12.6. The lowest BCUT2D eigenvalue weighted by molar-refractivity contribution is 0.0674. The minimum atomic E-state index is -0.0829. The number of hydrogen-bond acceptors (Lipinski definition) is 5. The quantitative estimate of drug-likeness (QED) is 0.874. The molecule has 3 amide bonds. The van der Waals surface area contributed by atoms with Crippen LogP contribution in [0.25, 0.3) is 0 Å². The Morgan fingerprint density at radius 1 is 0.964 bits per heavy atom. The Bertz CT molecular complexity index is 779. The van der Waals surface area contributed by atoms with E-state index < -0.39 is 0 Å². The van der Waals surface area contributed by atoms with Crippen molar-refractivity contribution >= 4 is 17.8 Å². The first-order chi connectivity index (χ1) is 13.7. The Balaban J connectivity index is 1.21. The zero-order valence-electron chi connectivity index (χ0n) is 15.8. The molecule has 0 unspecified atom stereocenters. The SMILES string of the molecule is O=C(NC1CCN(C(=O)c2ccco2)CC1)N1CCN(c2ccccn2)CC1. The highest BCUT2D eigenvalue weighted by atomic mass is 16.3. The average molecular weight is 383 g/mol. The maximum atomic E-state index is 12.6. The predicted octanol–water partition coefficient (Wildman–Crippen LogP) is 1.81. The molecule has 0 radical (unpaired) electrons. The first kappa shape index (κ1) is 18.3. The first-order valence-electron chi connectivity index (χ1n) is 9.75. The van der Waals surface area contributed by atoms with Gasteiger partial charge in [0.15, 0.2) is 5.76 Å². The van der Waals surface area contributed by atoms with Crippen LogP contribution in [0.15, 0.2) is 47.2 Å². The van der Waals surface area contributed by atoms with Gasteiger partial charge in [-0.1, -0.05) is 6.07 Å². The molecule has 2 aromatic rings. The van der Waals surface area contributed by atoms with Gasteiger partial charge in [0.05, 0.1) is 6.26 Å². The van der Waals surface area contributed by atoms with Gasteiger partial charge in [-0.2, -0.15) is 0 Å². The Morgan fingerprint density at radius 2 is 1.75 bits per heavy atom. The number of amides is 3. The van der Waals surface area contributed by atoms with Crippen LogP contribution in [0.3, 0.4) is 0 Å². The van der Waals surface area contributed by atoms with E-state index in [-0.39, 0.29) is 18.0 Å². The zero-order chi connectivity index (χ0) is 19.3. The molecule has 0 saturated carbocycles. The molecule has 0 atom stereocenters. The Labute approximate surface area is 164 Å². The molecule has 0 bridgehead atoms. The van der Waals surface area contributed by atoms with E-state index in [0.29, 0.717) is 31.9 Å². The minimum Gasteiger partial charge on any atom is -0.459 e. The van der Waals surface area contributed by atoms with E-state index in [4.69, 9.17) is 4.42 Å². The predicted molar refractivity (Wildman–Crippen MR) is 104 cm³/mol. The summed E-state index contributed by atoms with van der Waals surface area (Å²) in [4.78, 5) is 35.1. The van der Waals surface area contributed by atoms with E-state index in [1.807, 2.05) is 23.1 Å². The number of piperazine rings is 1. The van der Waals surface area contributed by atoms with Crippen LogP contribution in [0.5, 0.6) is 0 Å². The second-order valence-electron chi connectivity index (χ2n) is 7.16. The van der Waals surface area contributed by atoms with Crippen molar-refractivity contribution in [1.82, 2.24) is 20.1 Å². The van der Waals surface area contributed by atoms with Gasteiger partial charge in [-0.25, -0.2) is 9.78 Å². The van der Waals surface area contributed by atoms with Crippen molar-refractivity contribution in [2.75, 3.05) is 44.2 Å². The zero-order valence-corrected chi connectivity index (χ0v) is 15.8. The molecule has 148 valence electrons. The number of furan rings is 1. The number of hydrogen-bond donors (Lipinski definition) is 1. The van der Waals surface area contributed by atoms with Crippen LogP contribution >= 0.6 is 0 Å². The Kier molecular flexibility index (Phi) is 5.45. The summed E-state index contributed by atoms with van der Waals surface area (Å²) in [6, 6.07) is 9.35. The minimum absolute atomic E-state index is 0.0171. The molecule has 1 N–H and O–H groups in total. The lowest BCUT2D eigenvalue weighted by Gasteiger charge is -2.37. The fraction of sp³-hybridized carbons (Fsp3) is 0.450. The number of carbonyl (C=O) groups is 2. The molecule has 2 aromatic heterocycles. The highest BCUT2D eigenvalue weighted by Crippen LogP contribution is 2.16. The number of nitrogens with zero attached hydrogens (tertiary/aromatic N) is 4. The summed E-state index contributed by atoms with van der Waals surface area (Å²) in [7, 11) is 0. The first-order valence-corrected chi connectivity index (χ1v) is 9.75. The van der Waals surface area contributed by atoms with Gasteiger partial charge in [0.2, 0.25) is 0 Å². The summed E-state index contributed by atoms with van der Waals surface area (Å²) in [5.74, 6) is 1.24. The molecule has 8 heteroatoms. The van der Waals surface area contributed by atoms with E-state index in [1.54, 1.807) is 23.2 Å². The van der Waals surface area contributed by atoms with Gasteiger partial charge in [-0.3, -0.25) is 4.79 Å². The summed E-state index contributed by atoms with van der Waals surface area (Å²) >= 11 is 0. The van der Waals surface area contributed by atoms with E-state index in [2.05, 4.69) is 15.2 Å². The summed E-state index contributed by atoms with van der Waals surface area (Å²) in [5, 5.41) is 3.13. The standard InChI is InChI=1S/C20H25N5O3/c26-19(17-4-3-15-28-17)24-9-6-16(7-10-24)22-20(27)25-13-11-23(12-14-25)18-5-1-2-8-21-18/h1-5,8,15-16H,6-7,9-14H2,(H,22,27). The van der Waals surface area contributed by atoms with E-state index in [1.165, 1.54) is 6.26 Å². The van der Waals surface area contributed by atoms with Crippen LogP contribution in [0.1, 0.15) is 23.4 Å². The molecule has 2 aliphatic heterocycles. The molecule has 0 aromatic carbocycles. The fourth-order valence-electron chi connectivity index (χ4n) is 3.73. The number of pyridine rings is 1. The average Bonchev–Trinajstić information content (AvgIpc) is 3.29. The van der Waals surface area contributed by atoms with Crippen molar-refractivity contribution in [3.05, 3.63) is 48.6 Å². The number of urea groups is 1. The number of aromatic nitrogens is 1. The monoisotopic (exact) mass is 383 g/mol. The van der Waals surface area contributed by atoms with Crippen LogP contribution in [-0.2, 0) is 0 Å². The van der Waals surface area contributed by atoms with E-state index >= 15 is 0 Å². The van der Waals surface area contributed by atoms with Crippen molar-refractivity contribution in [2.24, 2.45) is 0 Å². The Morgan fingerprint density at radius 3 is 2.39 bits per heavy atom. The number of anilines is 1. The molecular weight excluding hydrogens is 358 g/mol. The number of likely N-dealkylation sites (tertiary alicyclic amines) is 1. The molecule has 2 aliphatic rings. The van der Waals surface area contributed by atoms with E-state index in [0.717, 1.165) is 31.7 Å². The molecular formula is C20H25N5O3. The largest absolute Gasteiger partial charge is 0.459 e. The van der Waals surface area contributed by atoms with Gasteiger partial charge >= 0.3 is 6.03 Å². The summed E-state index contributed by atoms with van der Waals surface area (Å²) in [5.41, 5.74) is 0. The molecule has 8 nitrogen and oxygen atoms in total. The number of piperidine rings is 1. The smallest absolute Gasteiger partial charge is 0.317 e. The lowest BCUT2D eigenvalue weighted by Crippen LogP contribution is -2.55. The highest BCUT2D eigenvalue weighted by molar-refractivity contribution is 5.91. The van der Waals surface area contributed by atoms with Gasteiger partial charge in [0.25, 0.3) is 5.91 Å². The van der Waals surface area contributed by atoms with Gasteiger partial charge < -0.3 is 24.4 Å². The second-order valence-corrected chi connectivity index (χ2v) is 7.16. The lowest BCUT2D eigenvalue weighted by atomic mass is 10.0. The van der Waals surface area contributed by atoms with Gasteiger partial charge in [0.1, 0.15) is 5.82 Å². The van der Waals surface area contributed by atoms with Crippen molar-refractivity contribution in [1.29, 1.82) is 0 Å². The van der Waals surface area contributed by atoms with Crippen molar-refractivity contribution in [3.8, 4) is 0 Å². The summed E-state index contributed by atoms with van der Waals surface area (Å²) < 4.78 is 5.18. The van der Waals surface area contributed by atoms with Crippen LogP contribution in [0.2, 0.25) is 0 Å². The van der Waals surface area contributed by atoms with Gasteiger partial charge in [-0.15, -0.1) is 0 Å². The van der Waals surface area contributed by atoms with Crippen LogP contribution in [-0.4, -0.2) is 72.0 Å². The molecule has 2 saturated heterocycles. The van der Waals surface area contributed by atoms with E-state index in [9.17, 15) is 9.59 Å². The molecule has 2 fully saturated rings. The van der Waals surface area contributed by atoms with Gasteiger partial charge in [0, 0.05) is 51.5 Å². The Hall–Kier alpha value is -3.03. The molecule has 0 spiro atoms. The number of rotatable bonds is 3. The van der Waals surface area contributed by atoms with Crippen molar-refractivity contribution < 1.29 is 14.0 Å². The highest BCUT2D eigenvalue weighted by Gasteiger charge is 2.28. The number of carbonyl (C=O) groups excluding carboxylic acids is 2. The maximum Gasteiger partial charge on any atom is 0.317 e.